The summed E-state index contributed by atoms with van der Waals surface area (Å²) in [5.74, 6) is -0.246. The van der Waals surface area contributed by atoms with Gasteiger partial charge in [-0.05, 0) is 6.07 Å². The Kier molecular flexibility index (Phi) is 2.83. The minimum atomic E-state index is -0.246. The molecule has 0 atom stereocenters. The monoisotopic (exact) mass is 395 g/mol. The largest absolute Gasteiger partial charge is 0.303 e. The zero-order chi connectivity index (χ0) is 9.54. The van der Waals surface area contributed by atoms with Gasteiger partial charge in [0.2, 0.25) is 0 Å². The first kappa shape index (κ1) is 10.7. The fourth-order valence-electron chi connectivity index (χ4n) is 1.50. The average Bonchev–Trinajstić information content (AvgIpc) is 2.54. The molecule has 0 spiro atoms. The van der Waals surface area contributed by atoms with Crippen LogP contribution < -0.4 is 0 Å². The topological polar surface area (TPSA) is 12.9 Å². The van der Waals surface area contributed by atoms with Crippen LogP contribution in [0.4, 0.5) is 4.39 Å². The summed E-state index contributed by atoms with van der Waals surface area (Å²) >= 11 is 1.54. The third kappa shape index (κ3) is 1.69. The Morgan fingerprint density at radius 2 is 2.20 bits per heavy atom. The van der Waals surface area contributed by atoms with Crippen LogP contribution in [-0.4, -0.2) is 4.98 Å². The number of benzene rings is 1. The number of aromatic nitrogens is 1. The minimum absolute atomic E-state index is 0. The van der Waals surface area contributed by atoms with E-state index in [4.69, 9.17) is 0 Å². The van der Waals surface area contributed by atoms with E-state index < -0.39 is 0 Å². The van der Waals surface area contributed by atoms with Crippen molar-refractivity contribution in [2.75, 3.05) is 0 Å². The molecule has 0 aliphatic heterocycles. The SMILES string of the molecule is Fc1c[c-]c2c(c1)sc1cccnc12.[Ir]. The van der Waals surface area contributed by atoms with Gasteiger partial charge >= 0.3 is 0 Å². The first-order valence-corrected chi connectivity index (χ1v) is 5.01. The summed E-state index contributed by atoms with van der Waals surface area (Å²) in [6.07, 6.45) is 1.74. The van der Waals surface area contributed by atoms with Gasteiger partial charge in [0, 0.05) is 42.3 Å². The Bertz CT molecular complexity index is 620. The summed E-state index contributed by atoms with van der Waals surface area (Å²) in [7, 11) is 0. The first-order chi connectivity index (χ1) is 6.84. The summed E-state index contributed by atoms with van der Waals surface area (Å²) in [4.78, 5) is 4.26. The summed E-state index contributed by atoms with van der Waals surface area (Å²) in [6, 6.07) is 9.66. The van der Waals surface area contributed by atoms with Crippen LogP contribution in [0.15, 0.2) is 30.5 Å². The van der Waals surface area contributed by atoms with Crippen molar-refractivity contribution in [1.82, 2.24) is 4.98 Å². The number of nitrogens with zero attached hydrogens (tertiary/aromatic N) is 1. The Morgan fingerprint density at radius 3 is 3.07 bits per heavy atom. The number of hydrogen-bond donors (Lipinski definition) is 0. The van der Waals surface area contributed by atoms with Crippen LogP contribution in [0.25, 0.3) is 20.3 Å². The van der Waals surface area contributed by atoms with Crippen molar-refractivity contribution in [3.8, 4) is 0 Å². The fourth-order valence-corrected chi connectivity index (χ4v) is 2.56. The van der Waals surface area contributed by atoms with Crippen LogP contribution in [0.1, 0.15) is 0 Å². The fraction of sp³-hybridized carbons (Fsp3) is 0. The van der Waals surface area contributed by atoms with E-state index >= 15 is 0 Å². The van der Waals surface area contributed by atoms with E-state index in [-0.39, 0.29) is 25.9 Å². The van der Waals surface area contributed by atoms with Gasteiger partial charge in [-0.1, -0.05) is 16.8 Å². The normalized spacial score (nSPS) is 10.5. The van der Waals surface area contributed by atoms with Crippen LogP contribution in [0.2, 0.25) is 0 Å². The van der Waals surface area contributed by atoms with Crippen molar-refractivity contribution in [1.29, 1.82) is 0 Å². The Balaban J connectivity index is 0.000000853. The molecule has 1 nitrogen and oxygen atoms in total. The molecule has 0 N–H and O–H groups in total. The molecule has 0 saturated carbocycles. The Labute approximate surface area is 103 Å². The maximum Gasteiger partial charge on any atom is 0.0392 e. The van der Waals surface area contributed by atoms with Crippen LogP contribution in [0.3, 0.4) is 0 Å². The van der Waals surface area contributed by atoms with Crippen LogP contribution in [0.5, 0.6) is 0 Å². The van der Waals surface area contributed by atoms with E-state index in [1.54, 1.807) is 17.5 Å². The predicted octanol–water partition coefficient (Wildman–Crippen LogP) is 3.39. The molecular weight excluding hydrogens is 389 g/mol. The Morgan fingerprint density at radius 1 is 1.33 bits per heavy atom. The molecule has 0 fully saturated rings. The second-order valence-electron chi connectivity index (χ2n) is 3.01. The molecule has 0 bridgehead atoms. The molecule has 15 heavy (non-hydrogen) atoms. The van der Waals surface area contributed by atoms with Crippen LogP contribution in [-0.2, 0) is 20.1 Å². The van der Waals surface area contributed by atoms with E-state index in [1.165, 1.54) is 12.1 Å². The molecule has 1 radical (unpaired) electrons. The van der Waals surface area contributed by atoms with Gasteiger partial charge in [0.05, 0.1) is 0 Å². The first-order valence-electron chi connectivity index (χ1n) is 4.19. The number of halogens is 1. The molecule has 0 unspecified atom stereocenters. The van der Waals surface area contributed by atoms with E-state index in [0.717, 1.165) is 20.3 Å². The summed E-state index contributed by atoms with van der Waals surface area (Å²) < 4.78 is 14.9. The van der Waals surface area contributed by atoms with Crippen molar-refractivity contribution in [3.63, 3.8) is 0 Å². The van der Waals surface area contributed by atoms with E-state index in [9.17, 15) is 4.39 Å². The molecule has 0 aliphatic rings. The van der Waals surface area contributed by atoms with E-state index in [2.05, 4.69) is 11.1 Å². The smallest absolute Gasteiger partial charge is 0.0392 e. The molecule has 0 amide bonds. The second kappa shape index (κ2) is 3.97. The zero-order valence-electron chi connectivity index (χ0n) is 7.45. The number of pyridine rings is 1. The van der Waals surface area contributed by atoms with Crippen molar-refractivity contribution in [3.05, 3.63) is 42.3 Å². The molecule has 1 aromatic carbocycles. The standard InChI is InChI=1S/C11H5FNS.Ir/c12-7-3-4-8-10(6-7)14-9-2-1-5-13-11(8)9;/h1-3,5-6H;/q-1;. The van der Waals surface area contributed by atoms with E-state index in [1.807, 2.05) is 12.1 Å². The summed E-state index contributed by atoms with van der Waals surface area (Å²) in [5.41, 5.74) is 0.910. The van der Waals surface area contributed by atoms with Crippen molar-refractivity contribution in [2.24, 2.45) is 0 Å². The van der Waals surface area contributed by atoms with Gasteiger partial charge in [0.15, 0.2) is 0 Å². The predicted molar refractivity (Wildman–Crippen MR) is 55.9 cm³/mol. The van der Waals surface area contributed by atoms with Gasteiger partial charge in [-0.25, -0.2) is 0 Å². The van der Waals surface area contributed by atoms with Gasteiger partial charge in [-0.15, -0.1) is 17.5 Å². The number of hydrogen-bond acceptors (Lipinski definition) is 2. The maximum absolute atomic E-state index is 12.9. The van der Waals surface area contributed by atoms with Gasteiger partial charge < -0.3 is 4.98 Å². The van der Waals surface area contributed by atoms with Gasteiger partial charge in [-0.2, -0.15) is 11.3 Å². The van der Waals surface area contributed by atoms with Gasteiger partial charge in [0.1, 0.15) is 0 Å². The third-order valence-corrected chi connectivity index (χ3v) is 3.19. The van der Waals surface area contributed by atoms with Crippen molar-refractivity contribution in [2.45, 2.75) is 0 Å². The van der Waals surface area contributed by atoms with Gasteiger partial charge in [-0.3, -0.25) is 4.39 Å². The molecule has 77 valence electrons. The average molecular weight is 394 g/mol. The molecule has 4 heteroatoms. The van der Waals surface area contributed by atoms with Crippen molar-refractivity contribution < 1.29 is 24.5 Å². The van der Waals surface area contributed by atoms with Gasteiger partial charge in [0.25, 0.3) is 0 Å². The van der Waals surface area contributed by atoms with Crippen LogP contribution >= 0.6 is 11.3 Å². The molecule has 3 aromatic rings. The Hall–Kier alpha value is -0.831. The van der Waals surface area contributed by atoms with Crippen LogP contribution in [0, 0.1) is 11.9 Å². The molecular formula is C11H5FIrNS-. The number of rotatable bonds is 0. The molecule has 0 saturated heterocycles. The number of fused-ring (bicyclic) bond motifs is 3. The molecule has 0 aliphatic carbocycles. The van der Waals surface area contributed by atoms with Crippen molar-refractivity contribution >= 4 is 31.6 Å². The second-order valence-corrected chi connectivity index (χ2v) is 4.09. The summed E-state index contributed by atoms with van der Waals surface area (Å²) in [6.45, 7) is 0. The maximum atomic E-state index is 12.9. The number of thiophene rings is 1. The summed E-state index contributed by atoms with van der Waals surface area (Å²) in [5, 5.41) is 0.909. The molecule has 2 heterocycles. The molecule has 3 rings (SSSR count). The minimum Gasteiger partial charge on any atom is -0.303 e. The quantitative estimate of drug-likeness (QED) is 0.533. The van der Waals surface area contributed by atoms with E-state index in [0.29, 0.717) is 0 Å². The molecule has 2 aromatic heterocycles. The zero-order valence-corrected chi connectivity index (χ0v) is 10.7. The third-order valence-electron chi connectivity index (χ3n) is 2.10.